The Labute approximate surface area is 86.2 Å². The fourth-order valence-electron chi connectivity index (χ4n) is 1.15. The molecule has 0 fully saturated rings. The fourth-order valence-corrected chi connectivity index (χ4v) is 3.45. The van der Waals surface area contributed by atoms with Crippen LogP contribution in [0.15, 0.2) is 12.4 Å². The lowest BCUT2D eigenvalue weighted by atomic mass is 10.7. The third-order valence-corrected chi connectivity index (χ3v) is 4.47. The second-order valence-corrected chi connectivity index (χ2v) is 5.19. The molecule has 5 heteroatoms. The van der Waals surface area contributed by atoms with E-state index in [0.717, 1.165) is 0 Å². The predicted octanol–water partition coefficient (Wildman–Crippen LogP) is 2.52. The Hall–Kier alpha value is -0.233. The van der Waals surface area contributed by atoms with Crippen molar-refractivity contribution in [2.45, 2.75) is 26.8 Å². The van der Waals surface area contributed by atoms with Crippen molar-refractivity contribution >= 4 is 8.80 Å². The van der Waals surface area contributed by atoms with Gasteiger partial charge in [0.05, 0.1) is 6.33 Å². The summed E-state index contributed by atoms with van der Waals surface area (Å²) in [5.41, 5.74) is 0. The molecule has 0 amide bonds. The van der Waals surface area contributed by atoms with Gasteiger partial charge < -0.3 is 13.3 Å². The molecule has 0 aliphatic heterocycles. The van der Waals surface area contributed by atoms with E-state index >= 15 is 0 Å². The molecule has 0 bridgehead atoms. The third-order valence-electron chi connectivity index (χ3n) is 1.55. The zero-order chi connectivity index (χ0) is 10.9. The summed E-state index contributed by atoms with van der Waals surface area (Å²) in [5, 5.41) is 0. The van der Waals surface area contributed by atoms with Crippen LogP contribution in [0.25, 0.3) is 0 Å². The highest BCUT2D eigenvalue weighted by Crippen LogP contribution is 2.16. The molecule has 0 heterocycles. The summed E-state index contributed by atoms with van der Waals surface area (Å²) in [6.07, 6.45) is 1.88. The van der Waals surface area contributed by atoms with Crippen LogP contribution >= 0.6 is 0 Å². The van der Waals surface area contributed by atoms with Gasteiger partial charge in [0.1, 0.15) is 0 Å². The van der Waals surface area contributed by atoms with Crippen LogP contribution in [0.3, 0.4) is 0 Å². The fraction of sp³-hybridized carbons (Fsp3) is 0.778. The van der Waals surface area contributed by atoms with Crippen LogP contribution < -0.4 is 0 Å². The predicted molar refractivity (Wildman–Crippen MR) is 55.7 cm³/mol. The minimum atomic E-state index is -2.64. The first-order valence-corrected chi connectivity index (χ1v) is 6.84. The lowest BCUT2D eigenvalue weighted by Gasteiger charge is -2.27. The molecule has 3 nitrogen and oxygen atoms in total. The topological polar surface area (TPSA) is 27.7 Å². The molecule has 84 valence electrons. The zero-order valence-corrected chi connectivity index (χ0v) is 10.1. The molecule has 0 atom stereocenters. The summed E-state index contributed by atoms with van der Waals surface area (Å²) in [5.74, 6) is 0. The van der Waals surface area contributed by atoms with Gasteiger partial charge in [0.25, 0.3) is 0 Å². The molecule has 0 N–H and O–H groups in total. The van der Waals surface area contributed by atoms with Crippen molar-refractivity contribution in [3.63, 3.8) is 0 Å². The Morgan fingerprint density at radius 1 is 1.00 bits per heavy atom. The van der Waals surface area contributed by atoms with Gasteiger partial charge in [0.2, 0.25) is 0 Å². The van der Waals surface area contributed by atoms with Crippen molar-refractivity contribution in [1.82, 2.24) is 0 Å². The smallest absolute Gasteiger partial charge is 0.374 e. The first-order chi connectivity index (χ1) is 6.74. The average Bonchev–Trinajstić information content (AvgIpc) is 2.16. The van der Waals surface area contributed by atoms with E-state index in [4.69, 9.17) is 13.3 Å². The number of hydrogen-bond acceptors (Lipinski definition) is 3. The molecular weight excluding hydrogens is 203 g/mol. The van der Waals surface area contributed by atoms with Gasteiger partial charge in [-0.25, -0.2) is 4.39 Å². The van der Waals surface area contributed by atoms with Gasteiger partial charge in [-0.1, -0.05) is 6.08 Å². The van der Waals surface area contributed by atoms with Crippen LogP contribution in [0.2, 0.25) is 6.04 Å². The third kappa shape index (κ3) is 4.85. The van der Waals surface area contributed by atoms with E-state index in [0.29, 0.717) is 32.2 Å². The van der Waals surface area contributed by atoms with Crippen molar-refractivity contribution < 1.29 is 17.7 Å². The molecule has 14 heavy (non-hydrogen) atoms. The van der Waals surface area contributed by atoms with E-state index in [-0.39, 0.29) is 0 Å². The van der Waals surface area contributed by atoms with Crippen LogP contribution in [0, 0.1) is 0 Å². The second-order valence-electron chi connectivity index (χ2n) is 2.55. The summed E-state index contributed by atoms with van der Waals surface area (Å²) < 4.78 is 28.4. The molecule has 0 saturated heterocycles. The maximum atomic E-state index is 11.9. The van der Waals surface area contributed by atoms with Crippen LogP contribution in [0.1, 0.15) is 20.8 Å². The molecule has 0 unspecified atom stereocenters. The van der Waals surface area contributed by atoms with Crippen molar-refractivity contribution in [2.24, 2.45) is 0 Å². The van der Waals surface area contributed by atoms with Crippen LogP contribution in [0.4, 0.5) is 4.39 Å². The van der Waals surface area contributed by atoms with Crippen LogP contribution in [-0.2, 0) is 13.3 Å². The monoisotopic (exact) mass is 222 g/mol. The highest BCUT2D eigenvalue weighted by Gasteiger charge is 2.38. The molecule has 0 rings (SSSR count). The van der Waals surface area contributed by atoms with Crippen LogP contribution in [0.5, 0.6) is 0 Å². The zero-order valence-electron chi connectivity index (χ0n) is 9.09. The van der Waals surface area contributed by atoms with Gasteiger partial charge in [0, 0.05) is 25.9 Å². The van der Waals surface area contributed by atoms with E-state index in [1.165, 1.54) is 6.08 Å². The van der Waals surface area contributed by atoms with Gasteiger partial charge in [-0.2, -0.15) is 0 Å². The largest absolute Gasteiger partial charge is 0.504 e. The first kappa shape index (κ1) is 13.8. The van der Waals surface area contributed by atoms with Crippen molar-refractivity contribution in [3.8, 4) is 0 Å². The molecule has 0 aliphatic rings. The number of hydrogen-bond donors (Lipinski definition) is 0. The van der Waals surface area contributed by atoms with E-state index < -0.39 is 8.80 Å². The summed E-state index contributed by atoms with van der Waals surface area (Å²) in [6, 6.07) is 0.388. The van der Waals surface area contributed by atoms with E-state index in [9.17, 15) is 4.39 Å². The Balaban J connectivity index is 4.36. The second kappa shape index (κ2) is 8.11. The van der Waals surface area contributed by atoms with E-state index in [1.807, 2.05) is 20.8 Å². The quantitative estimate of drug-likeness (QED) is 0.591. The standard InChI is InChI=1S/C9H19FO3Si/c1-4-11-14(12-5-2,13-6-3)9-7-8-10/h7-8H,4-6,9H2,1-3H3. The highest BCUT2D eigenvalue weighted by atomic mass is 28.4. The maximum Gasteiger partial charge on any atom is 0.504 e. The van der Waals surface area contributed by atoms with Gasteiger partial charge in [0.15, 0.2) is 0 Å². The molecular formula is C9H19FO3Si. The van der Waals surface area contributed by atoms with Gasteiger partial charge in [-0.15, -0.1) is 0 Å². The Morgan fingerprint density at radius 2 is 1.43 bits per heavy atom. The first-order valence-electron chi connectivity index (χ1n) is 4.91. The molecule has 0 aliphatic carbocycles. The van der Waals surface area contributed by atoms with Gasteiger partial charge >= 0.3 is 8.80 Å². The number of allylic oxidation sites excluding steroid dienone is 1. The van der Waals surface area contributed by atoms with E-state index in [2.05, 4.69) is 0 Å². The maximum absolute atomic E-state index is 11.9. The number of halogens is 1. The minimum absolute atomic E-state index is 0.388. The molecule has 0 radical (unpaired) electrons. The molecule has 0 aromatic heterocycles. The molecule has 0 spiro atoms. The Bertz CT molecular complexity index is 147. The summed E-state index contributed by atoms with van der Waals surface area (Å²) in [6.45, 7) is 7.18. The average molecular weight is 222 g/mol. The lowest BCUT2D eigenvalue weighted by molar-refractivity contribution is 0.0742. The SMILES string of the molecule is CCO[Si](CC=CF)(OCC)OCC. The molecule has 0 aromatic rings. The van der Waals surface area contributed by atoms with Crippen molar-refractivity contribution in [1.29, 1.82) is 0 Å². The molecule has 0 aromatic carbocycles. The highest BCUT2D eigenvalue weighted by molar-refractivity contribution is 6.61. The number of rotatable bonds is 8. The minimum Gasteiger partial charge on any atom is -0.374 e. The normalized spacial score (nSPS) is 12.6. The summed E-state index contributed by atoms with van der Waals surface area (Å²) >= 11 is 0. The summed E-state index contributed by atoms with van der Waals surface area (Å²) in [4.78, 5) is 0. The van der Waals surface area contributed by atoms with Crippen molar-refractivity contribution in [2.75, 3.05) is 19.8 Å². The lowest BCUT2D eigenvalue weighted by Crippen LogP contribution is -2.45. The summed E-state index contributed by atoms with van der Waals surface area (Å²) in [7, 11) is -2.64. The van der Waals surface area contributed by atoms with Crippen molar-refractivity contribution in [3.05, 3.63) is 12.4 Å². The van der Waals surface area contributed by atoms with Gasteiger partial charge in [-0.3, -0.25) is 0 Å². The van der Waals surface area contributed by atoms with Gasteiger partial charge in [-0.05, 0) is 20.8 Å². The Morgan fingerprint density at radius 3 is 1.71 bits per heavy atom. The Kier molecular flexibility index (Phi) is 7.97. The van der Waals surface area contributed by atoms with Crippen LogP contribution in [-0.4, -0.2) is 28.6 Å². The molecule has 0 saturated carbocycles. The van der Waals surface area contributed by atoms with E-state index in [1.54, 1.807) is 0 Å².